The highest BCUT2D eigenvalue weighted by molar-refractivity contribution is 5.85. The van der Waals surface area contributed by atoms with Crippen molar-refractivity contribution in [3.8, 4) is 0 Å². The van der Waals surface area contributed by atoms with E-state index in [1.807, 2.05) is 18.2 Å². The molecule has 0 radical (unpaired) electrons. The minimum Gasteiger partial charge on any atom is -0.353 e. The van der Waals surface area contributed by atoms with Crippen molar-refractivity contribution in [3.63, 3.8) is 0 Å². The molecule has 0 aromatic heterocycles. The van der Waals surface area contributed by atoms with Crippen LogP contribution in [0.15, 0.2) is 30.3 Å². The quantitative estimate of drug-likeness (QED) is 0.884. The van der Waals surface area contributed by atoms with Crippen LogP contribution in [-0.4, -0.2) is 18.0 Å². The molecule has 2 fully saturated rings. The van der Waals surface area contributed by atoms with E-state index >= 15 is 0 Å². The van der Waals surface area contributed by atoms with Gasteiger partial charge in [-0.15, -0.1) is 0 Å². The van der Waals surface area contributed by atoms with Gasteiger partial charge in [0.2, 0.25) is 5.91 Å². The molecule has 1 aromatic carbocycles. The van der Waals surface area contributed by atoms with Gasteiger partial charge in [0.05, 0.1) is 5.41 Å². The number of carbonyl (C=O) groups excluding carboxylic acids is 1. The Balaban J connectivity index is 1.56. The third-order valence-electron chi connectivity index (χ3n) is 4.83. The SMILES string of the molecule is NC1CCC(NC(=O)C2(Cc3ccccc3)CC2)CC1. The summed E-state index contributed by atoms with van der Waals surface area (Å²) in [6.07, 6.45) is 7.09. The zero-order chi connectivity index (χ0) is 14.0. The smallest absolute Gasteiger partial charge is 0.226 e. The molecule has 3 nitrogen and oxygen atoms in total. The number of benzene rings is 1. The van der Waals surface area contributed by atoms with Gasteiger partial charge in [-0.2, -0.15) is 0 Å². The largest absolute Gasteiger partial charge is 0.353 e. The molecule has 2 aliphatic carbocycles. The molecular weight excluding hydrogens is 248 g/mol. The van der Waals surface area contributed by atoms with E-state index in [0.29, 0.717) is 12.1 Å². The molecule has 1 aromatic rings. The van der Waals surface area contributed by atoms with E-state index < -0.39 is 0 Å². The number of hydrogen-bond acceptors (Lipinski definition) is 2. The molecule has 3 heteroatoms. The van der Waals surface area contributed by atoms with Crippen molar-refractivity contribution >= 4 is 5.91 Å². The summed E-state index contributed by atoms with van der Waals surface area (Å²) in [7, 11) is 0. The first-order valence-electron chi connectivity index (χ1n) is 7.78. The maximum Gasteiger partial charge on any atom is 0.226 e. The van der Waals surface area contributed by atoms with Crippen molar-refractivity contribution in [2.24, 2.45) is 11.1 Å². The molecule has 3 rings (SSSR count). The fraction of sp³-hybridized carbons (Fsp3) is 0.588. The Hall–Kier alpha value is -1.35. The van der Waals surface area contributed by atoms with Crippen LogP contribution in [0.5, 0.6) is 0 Å². The Kier molecular flexibility index (Phi) is 3.79. The number of rotatable bonds is 4. The lowest BCUT2D eigenvalue weighted by molar-refractivity contribution is -0.127. The predicted octanol–water partition coefficient (Wildman–Crippen LogP) is 2.40. The van der Waals surface area contributed by atoms with Gasteiger partial charge in [0.1, 0.15) is 0 Å². The molecule has 0 bridgehead atoms. The second-order valence-corrected chi connectivity index (χ2v) is 6.53. The summed E-state index contributed by atoms with van der Waals surface area (Å²) in [6, 6.07) is 11.0. The summed E-state index contributed by atoms with van der Waals surface area (Å²) in [6.45, 7) is 0. The Morgan fingerprint density at radius 3 is 2.40 bits per heavy atom. The first-order valence-corrected chi connectivity index (χ1v) is 7.78. The summed E-state index contributed by atoms with van der Waals surface area (Å²) in [4.78, 5) is 12.5. The van der Waals surface area contributed by atoms with Gasteiger partial charge in [-0.05, 0) is 50.5 Å². The first-order chi connectivity index (χ1) is 9.68. The van der Waals surface area contributed by atoms with Gasteiger partial charge in [-0.1, -0.05) is 30.3 Å². The van der Waals surface area contributed by atoms with E-state index in [1.54, 1.807) is 0 Å². The molecule has 2 saturated carbocycles. The Morgan fingerprint density at radius 2 is 1.80 bits per heavy atom. The highest BCUT2D eigenvalue weighted by atomic mass is 16.2. The number of amides is 1. The third kappa shape index (κ3) is 3.04. The van der Waals surface area contributed by atoms with E-state index in [2.05, 4.69) is 17.4 Å². The Bertz CT molecular complexity index is 459. The summed E-state index contributed by atoms with van der Waals surface area (Å²) in [5, 5.41) is 3.27. The van der Waals surface area contributed by atoms with Crippen molar-refractivity contribution in [3.05, 3.63) is 35.9 Å². The molecule has 0 atom stereocenters. The third-order valence-corrected chi connectivity index (χ3v) is 4.83. The van der Waals surface area contributed by atoms with E-state index in [4.69, 9.17) is 5.73 Å². The van der Waals surface area contributed by atoms with Crippen molar-refractivity contribution in [1.82, 2.24) is 5.32 Å². The lowest BCUT2D eigenvalue weighted by Gasteiger charge is -2.28. The zero-order valence-corrected chi connectivity index (χ0v) is 12.0. The van der Waals surface area contributed by atoms with E-state index in [1.165, 1.54) is 5.56 Å². The minimum atomic E-state index is -0.124. The van der Waals surface area contributed by atoms with Crippen LogP contribution in [0.25, 0.3) is 0 Å². The van der Waals surface area contributed by atoms with Crippen LogP contribution >= 0.6 is 0 Å². The normalized spacial score (nSPS) is 27.9. The van der Waals surface area contributed by atoms with Crippen molar-refractivity contribution in [2.45, 2.75) is 57.0 Å². The van der Waals surface area contributed by atoms with Crippen LogP contribution in [0.3, 0.4) is 0 Å². The predicted molar refractivity (Wildman–Crippen MR) is 80.2 cm³/mol. The lowest BCUT2D eigenvalue weighted by Crippen LogP contribution is -2.44. The highest BCUT2D eigenvalue weighted by Crippen LogP contribution is 2.48. The minimum absolute atomic E-state index is 0.124. The number of nitrogens with two attached hydrogens (primary N) is 1. The summed E-state index contributed by atoms with van der Waals surface area (Å²) in [5.74, 6) is 0.266. The van der Waals surface area contributed by atoms with Crippen LogP contribution in [-0.2, 0) is 11.2 Å². The van der Waals surface area contributed by atoms with Gasteiger partial charge in [0, 0.05) is 12.1 Å². The van der Waals surface area contributed by atoms with E-state index in [-0.39, 0.29) is 11.3 Å². The van der Waals surface area contributed by atoms with E-state index in [9.17, 15) is 4.79 Å². The summed E-state index contributed by atoms with van der Waals surface area (Å²) < 4.78 is 0. The standard InChI is InChI=1S/C17H24N2O/c18-14-6-8-15(9-7-14)19-16(20)17(10-11-17)12-13-4-2-1-3-5-13/h1-5,14-15H,6-12,18H2,(H,19,20). The fourth-order valence-corrected chi connectivity index (χ4v) is 3.22. The molecule has 20 heavy (non-hydrogen) atoms. The molecule has 1 amide bonds. The fourth-order valence-electron chi connectivity index (χ4n) is 3.22. The van der Waals surface area contributed by atoms with Crippen molar-refractivity contribution in [1.29, 1.82) is 0 Å². The van der Waals surface area contributed by atoms with Crippen LogP contribution in [0.1, 0.15) is 44.1 Å². The maximum atomic E-state index is 12.5. The number of hydrogen-bond donors (Lipinski definition) is 2. The van der Waals surface area contributed by atoms with Crippen LogP contribution < -0.4 is 11.1 Å². The van der Waals surface area contributed by atoms with Gasteiger partial charge < -0.3 is 11.1 Å². The van der Waals surface area contributed by atoms with Gasteiger partial charge in [0.25, 0.3) is 0 Å². The average molecular weight is 272 g/mol. The van der Waals surface area contributed by atoms with Gasteiger partial charge >= 0.3 is 0 Å². The van der Waals surface area contributed by atoms with Gasteiger partial charge in [-0.25, -0.2) is 0 Å². The molecule has 0 aliphatic heterocycles. The molecule has 0 unspecified atom stereocenters. The first kappa shape index (κ1) is 13.6. The Labute approximate surface area is 120 Å². The molecule has 0 heterocycles. The Morgan fingerprint density at radius 1 is 1.15 bits per heavy atom. The van der Waals surface area contributed by atoms with Crippen LogP contribution in [0.2, 0.25) is 0 Å². The molecular formula is C17H24N2O. The lowest BCUT2D eigenvalue weighted by atomic mass is 9.90. The molecule has 3 N–H and O–H groups in total. The van der Waals surface area contributed by atoms with Gasteiger partial charge in [0.15, 0.2) is 0 Å². The molecule has 108 valence electrons. The molecule has 0 spiro atoms. The number of nitrogens with one attached hydrogen (secondary N) is 1. The number of carbonyl (C=O) groups is 1. The average Bonchev–Trinajstić information content (AvgIpc) is 3.23. The summed E-state index contributed by atoms with van der Waals surface area (Å²) in [5.41, 5.74) is 7.06. The maximum absolute atomic E-state index is 12.5. The molecule has 0 saturated heterocycles. The zero-order valence-electron chi connectivity index (χ0n) is 12.0. The highest BCUT2D eigenvalue weighted by Gasteiger charge is 2.49. The van der Waals surface area contributed by atoms with E-state index in [0.717, 1.165) is 44.9 Å². The summed E-state index contributed by atoms with van der Waals surface area (Å²) >= 11 is 0. The monoisotopic (exact) mass is 272 g/mol. The topological polar surface area (TPSA) is 55.1 Å². The van der Waals surface area contributed by atoms with Crippen molar-refractivity contribution in [2.75, 3.05) is 0 Å². The van der Waals surface area contributed by atoms with Gasteiger partial charge in [-0.3, -0.25) is 4.79 Å². The second kappa shape index (κ2) is 5.57. The van der Waals surface area contributed by atoms with Crippen LogP contribution in [0.4, 0.5) is 0 Å². The molecule has 2 aliphatic rings. The van der Waals surface area contributed by atoms with Crippen molar-refractivity contribution < 1.29 is 4.79 Å². The van der Waals surface area contributed by atoms with Crippen LogP contribution in [0, 0.1) is 5.41 Å². The second-order valence-electron chi connectivity index (χ2n) is 6.53.